The van der Waals surface area contributed by atoms with Crippen molar-refractivity contribution in [2.24, 2.45) is 0 Å². The lowest BCUT2D eigenvalue weighted by molar-refractivity contribution is 1.09. The molecule has 1 rings (SSSR count). The summed E-state index contributed by atoms with van der Waals surface area (Å²) >= 11 is 4.84. The first-order chi connectivity index (χ1) is 3.80. The van der Waals surface area contributed by atoms with Crippen molar-refractivity contribution in [2.75, 3.05) is 0 Å². The van der Waals surface area contributed by atoms with Gasteiger partial charge in [-0.15, -0.1) is 0 Å². The molecule has 1 atom stereocenters. The molecule has 0 spiro atoms. The van der Waals surface area contributed by atoms with E-state index in [0.29, 0.717) is 0 Å². The second-order valence-electron chi connectivity index (χ2n) is 1.68. The summed E-state index contributed by atoms with van der Waals surface area (Å²) in [7, 11) is 0. The van der Waals surface area contributed by atoms with E-state index in [1.54, 1.807) is 0 Å². The minimum atomic E-state index is 0.734. The predicted molar refractivity (Wildman–Crippen MR) is 53.7 cm³/mol. The fourth-order valence-corrected chi connectivity index (χ4v) is 1.54. The number of allylic oxidation sites excluding steroid dienone is 4. The Hall–Kier alpha value is 0.940. The molecule has 0 radical (unpaired) electrons. The summed E-state index contributed by atoms with van der Waals surface area (Å²) in [5.41, 5.74) is 0. The minimum Gasteiger partial charge on any atom is -0.0831 e. The number of hydrogen-bond acceptors (Lipinski definition) is 0. The Labute approximate surface area is 76.7 Å². The molecule has 0 aromatic rings. The van der Waals surface area contributed by atoms with Crippen LogP contribution in [0, 0.1) is 0 Å². The van der Waals surface area contributed by atoms with Gasteiger partial charge in [0, 0.05) is 7.50 Å². The third-order valence-electron chi connectivity index (χ3n) is 1.03. The van der Waals surface area contributed by atoms with Crippen LogP contribution < -0.4 is 0 Å². The Morgan fingerprint density at radius 1 is 1.62 bits per heavy atom. The Balaban J connectivity index is 2.66. The zero-order chi connectivity index (χ0) is 5.98. The van der Waals surface area contributed by atoms with Crippen LogP contribution in [0.15, 0.2) is 21.8 Å². The van der Waals surface area contributed by atoms with Crippen LogP contribution in [0.3, 0.4) is 0 Å². The van der Waals surface area contributed by atoms with Gasteiger partial charge in [-0.1, -0.05) is 40.8 Å². The van der Waals surface area contributed by atoms with Crippen LogP contribution in [-0.4, -0.2) is 3.92 Å². The van der Waals surface area contributed by atoms with Crippen LogP contribution in [0.4, 0.5) is 0 Å². The van der Waals surface area contributed by atoms with Gasteiger partial charge in [0.1, 0.15) is 0 Å². The van der Waals surface area contributed by atoms with E-state index in [2.05, 4.69) is 63.4 Å². The maximum absolute atomic E-state index is 2.46. The summed E-state index contributed by atoms with van der Waals surface area (Å²) in [6.45, 7) is 0. The molecule has 1 aliphatic carbocycles. The van der Waals surface area contributed by atoms with Gasteiger partial charge in [-0.25, -0.2) is 0 Å². The van der Waals surface area contributed by atoms with Crippen LogP contribution in [0.5, 0.6) is 0 Å². The van der Waals surface area contributed by atoms with Gasteiger partial charge in [0.15, 0.2) is 0 Å². The highest BCUT2D eigenvalue weighted by molar-refractivity contribution is 14.1. The molecule has 1 unspecified atom stereocenters. The number of hydrogen-bond donors (Lipinski definition) is 0. The van der Waals surface area contributed by atoms with Crippen LogP contribution in [0.1, 0.15) is 6.42 Å². The third-order valence-corrected chi connectivity index (χ3v) is 4.52. The second kappa shape index (κ2) is 3.20. The normalized spacial score (nSPS) is 27.8. The highest BCUT2D eigenvalue weighted by Crippen LogP contribution is 2.25. The SMILES string of the molecule is IC1=CC=CCC1I. The lowest BCUT2D eigenvalue weighted by Gasteiger charge is -2.07. The van der Waals surface area contributed by atoms with E-state index in [9.17, 15) is 0 Å². The quantitative estimate of drug-likeness (QED) is 0.473. The Kier molecular flexibility index (Phi) is 2.82. The average Bonchev–Trinajstić information content (AvgIpc) is 1.77. The number of halogens is 2. The fraction of sp³-hybridized carbons (Fsp3) is 0.333. The van der Waals surface area contributed by atoms with E-state index in [1.807, 2.05) is 0 Å². The van der Waals surface area contributed by atoms with Crippen LogP contribution >= 0.6 is 45.2 Å². The van der Waals surface area contributed by atoms with E-state index in [-0.39, 0.29) is 0 Å². The smallest absolute Gasteiger partial charge is 0.0451 e. The van der Waals surface area contributed by atoms with Crippen molar-refractivity contribution in [1.29, 1.82) is 0 Å². The van der Waals surface area contributed by atoms with Gasteiger partial charge in [0.2, 0.25) is 0 Å². The predicted octanol–water partition coefficient (Wildman–Crippen LogP) is 3.07. The molecule has 0 heterocycles. The van der Waals surface area contributed by atoms with E-state index in [0.717, 1.165) is 3.92 Å². The van der Waals surface area contributed by atoms with Gasteiger partial charge in [-0.3, -0.25) is 0 Å². The first kappa shape index (κ1) is 7.05. The molecule has 0 saturated carbocycles. The van der Waals surface area contributed by atoms with E-state index < -0.39 is 0 Å². The maximum Gasteiger partial charge on any atom is 0.0451 e. The minimum absolute atomic E-state index is 0.734. The van der Waals surface area contributed by atoms with Gasteiger partial charge in [-0.2, -0.15) is 0 Å². The lowest BCUT2D eigenvalue weighted by Crippen LogP contribution is -1.96. The molecule has 0 aromatic carbocycles. The highest BCUT2D eigenvalue weighted by Gasteiger charge is 2.06. The zero-order valence-electron chi connectivity index (χ0n) is 4.27. The number of rotatable bonds is 0. The average molecular weight is 332 g/mol. The highest BCUT2D eigenvalue weighted by atomic mass is 127. The van der Waals surface area contributed by atoms with Crippen molar-refractivity contribution < 1.29 is 0 Å². The molecule has 0 fully saturated rings. The lowest BCUT2D eigenvalue weighted by atomic mass is 10.2. The van der Waals surface area contributed by atoms with Crippen molar-refractivity contribution in [3.63, 3.8) is 0 Å². The van der Waals surface area contributed by atoms with Crippen molar-refractivity contribution in [3.05, 3.63) is 21.8 Å². The molecule has 0 N–H and O–H groups in total. The molecule has 1 aliphatic rings. The molecule has 0 aliphatic heterocycles. The standard InChI is InChI=1S/C6H6I2/c7-5-3-1-2-4-6(5)8/h1-3,6H,4H2. The van der Waals surface area contributed by atoms with Gasteiger partial charge in [-0.05, 0) is 29.0 Å². The largest absolute Gasteiger partial charge is 0.0831 e. The van der Waals surface area contributed by atoms with Crippen LogP contribution in [0.25, 0.3) is 0 Å². The summed E-state index contributed by atoms with van der Waals surface area (Å²) < 4.78 is 2.20. The summed E-state index contributed by atoms with van der Waals surface area (Å²) in [4.78, 5) is 0. The molecule has 0 bridgehead atoms. The van der Waals surface area contributed by atoms with Gasteiger partial charge >= 0.3 is 0 Å². The van der Waals surface area contributed by atoms with E-state index in [1.165, 1.54) is 10.0 Å². The fourth-order valence-electron chi connectivity index (χ4n) is 0.575. The van der Waals surface area contributed by atoms with Gasteiger partial charge in [0.05, 0.1) is 0 Å². The first-order valence-electron chi connectivity index (χ1n) is 2.47. The number of alkyl halides is 1. The Bertz CT molecular complexity index is 135. The van der Waals surface area contributed by atoms with Crippen molar-refractivity contribution in [3.8, 4) is 0 Å². The van der Waals surface area contributed by atoms with Gasteiger partial charge < -0.3 is 0 Å². The summed E-state index contributed by atoms with van der Waals surface area (Å²) in [6.07, 6.45) is 7.70. The molecule has 0 amide bonds. The van der Waals surface area contributed by atoms with Crippen molar-refractivity contribution in [2.45, 2.75) is 10.3 Å². The molecule has 0 aromatic heterocycles. The molecule has 0 nitrogen and oxygen atoms in total. The van der Waals surface area contributed by atoms with Crippen LogP contribution in [0.2, 0.25) is 0 Å². The maximum atomic E-state index is 2.46. The van der Waals surface area contributed by atoms with Crippen molar-refractivity contribution >= 4 is 45.2 Å². The first-order valence-corrected chi connectivity index (χ1v) is 4.79. The summed E-state index contributed by atoms with van der Waals surface area (Å²) in [6, 6.07) is 0. The van der Waals surface area contributed by atoms with Gasteiger partial charge in [0.25, 0.3) is 0 Å². The molecular weight excluding hydrogens is 326 g/mol. The summed E-state index contributed by atoms with van der Waals surface area (Å²) in [5, 5.41) is 0. The molecule has 0 saturated heterocycles. The monoisotopic (exact) mass is 332 g/mol. The second-order valence-corrected chi connectivity index (χ2v) is 4.43. The summed E-state index contributed by atoms with van der Waals surface area (Å²) in [5.74, 6) is 0. The molecular formula is C6H6I2. The van der Waals surface area contributed by atoms with Crippen molar-refractivity contribution in [1.82, 2.24) is 0 Å². The Morgan fingerprint density at radius 3 is 2.75 bits per heavy atom. The van der Waals surface area contributed by atoms with E-state index >= 15 is 0 Å². The molecule has 44 valence electrons. The topological polar surface area (TPSA) is 0 Å². The molecule has 2 heteroatoms. The third kappa shape index (κ3) is 1.72. The zero-order valence-corrected chi connectivity index (χ0v) is 8.59. The molecule has 8 heavy (non-hydrogen) atoms. The van der Waals surface area contributed by atoms with Crippen LogP contribution in [-0.2, 0) is 0 Å². The van der Waals surface area contributed by atoms with E-state index in [4.69, 9.17) is 0 Å². The Morgan fingerprint density at radius 2 is 2.38 bits per heavy atom.